The largest absolute Gasteiger partial charge is 0.394 e. The third-order valence-electron chi connectivity index (χ3n) is 2.93. The lowest BCUT2D eigenvalue weighted by molar-refractivity contribution is -0.159. The van der Waals surface area contributed by atoms with Crippen LogP contribution < -0.4 is 10.6 Å². The van der Waals surface area contributed by atoms with Gasteiger partial charge in [-0.25, -0.2) is 0 Å². The van der Waals surface area contributed by atoms with Gasteiger partial charge in [0, 0.05) is 14.1 Å². The Balaban J connectivity index is 2.49. The van der Waals surface area contributed by atoms with Crippen molar-refractivity contribution < 1.29 is 20.1 Å². The second kappa shape index (κ2) is 7.01. The van der Waals surface area contributed by atoms with Gasteiger partial charge in [-0.1, -0.05) is 6.58 Å². The van der Waals surface area contributed by atoms with Crippen LogP contribution in [0.1, 0.15) is 0 Å². The first-order valence-corrected chi connectivity index (χ1v) is 6.30. The van der Waals surface area contributed by atoms with Crippen LogP contribution in [-0.4, -0.2) is 77.0 Å². The molecule has 1 heterocycles. The van der Waals surface area contributed by atoms with Crippen molar-refractivity contribution in [1.29, 1.82) is 0 Å². The molecule has 0 aromatic heterocycles. The van der Waals surface area contributed by atoms with Gasteiger partial charge in [-0.15, -0.1) is 0 Å². The molecule has 4 atom stereocenters. The zero-order chi connectivity index (χ0) is 14.6. The van der Waals surface area contributed by atoms with Gasteiger partial charge in [0.15, 0.2) is 5.11 Å². The summed E-state index contributed by atoms with van der Waals surface area (Å²) in [6.07, 6.45) is -3.00. The van der Waals surface area contributed by atoms with Crippen molar-refractivity contribution in [2.45, 2.75) is 24.4 Å². The number of nitrogens with one attached hydrogen (secondary N) is 2. The molecule has 19 heavy (non-hydrogen) atoms. The molecule has 8 heteroatoms. The SMILES string of the molecule is C=C(NC(=S)N[C@H]1CO[C@H](CO)[C@H](O)[C@@H]1O)N(C)C. The molecule has 0 aromatic rings. The molecule has 1 aliphatic rings. The highest BCUT2D eigenvalue weighted by molar-refractivity contribution is 7.80. The van der Waals surface area contributed by atoms with Gasteiger partial charge in [-0.2, -0.15) is 0 Å². The van der Waals surface area contributed by atoms with Crippen molar-refractivity contribution in [3.63, 3.8) is 0 Å². The Morgan fingerprint density at radius 2 is 2.05 bits per heavy atom. The third-order valence-corrected chi connectivity index (χ3v) is 3.15. The zero-order valence-electron chi connectivity index (χ0n) is 11.0. The van der Waals surface area contributed by atoms with E-state index in [0.717, 1.165) is 0 Å². The van der Waals surface area contributed by atoms with Gasteiger partial charge >= 0.3 is 0 Å². The van der Waals surface area contributed by atoms with Gasteiger partial charge in [0.1, 0.15) is 18.3 Å². The van der Waals surface area contributed by atoms with Crippen LogP contribution in [0.5, 0.6) is 0 Å². The smallest absolute Gasteiger partial charge is 0.172 e. The maximum Gasteiger partial charge on any atom is 0.172 e. The highest BCUT2D eigenvalue weighted by Gasteiger charge is 2.38. The lowest BCUT2D eigenvalue weighted by Gasteiger charge is -2.37. The fraction of sp³-hybridized carbons (Fsp3) is 0.727. The van der Waals surface area contributed by atoms with Crippen molar-refractivity contribution in [3.05, 3.63) is 12.4 Å². The standard InChI is InChI=1S/C11H21N3O4S/c1-6(14(2)3)12-11(19)13-7-5-18-8(4-15)10(17)9(7)16/h7-10,15-17H,1,4-5H2,2-3H3,(H2,12,13,19)/t7-,8+,9+,10-/m0/s1. The molecule has 0 saturated carbocycles. The fourth-order valence-corrected chi connectivity index (χ4v) is 1.89. The molecule has 0 aromatic carbocycles. The van der Waals surface area contributed by atoms with E-state index in [9.17, 15) is 10.2 Å². The number of nitrogens with zero attached hydrogens (tertiary/aromatic N) is 1. The second-order valence-corrected chi connectivity index (χ2v) is 4.99. The number of hydrogen-bond acceptors (Lipinski definition) is 6. The molecule has 1 rings (SSSR count). The molecule has 1 fully saturated rings. The summed E-state index contributed by atoms with van der Waals surface area (Å²) in [7, 11) is 3.62. The van der Waals surface area contributed by atoms with E-state index in [0.29, 0.717) is 5.82 Å². The minimum atomic E-state index is -1.16. The van der Waals surface area contributed by atoms with Crippen LogP contribution in [0.3, 0.4) is 0 Å². The number of thiocarbonyl (C=S) groups is 1. The topological polar surface area (TPSA) is 97.2 Å². The highest BCUT2D eigenvalue weighted by Crippen LogP contribution is 2.15. The van der Waals surface area contributed by atoms with Crippen molar-refractivity contribution in [1.82, 2.24) is 15.5 Å². The molecule has 0 aliphatic carbocycles. The molecule has 0 spiro atoms. The van der Waals surface area contributed by atoms with Gasteiger partial charge in [0.25, 0.3) is 0 Å². The Labute approximate surface area is 117 Å². The molecule has 7 nitrogen and oxygen atoms in total. The first kappa shape index (κ1) is 16.1. The van der Waals surface area contributed by atoms with E-state index < -0.39 is 24.4 Å². The van der Waals surface area contributed by atoms with Crippen molar-refractivity contribution in [3.8, 4) is 0 Å². The van der Waals surface area contributed by atoms with Crippen molar-refractivity contribution in [2.24, 2.45) is 0 Å². The first-order chi connectivity index (χ1) is 8.86. The van der Waals surface area contributed by atoms with Crippen LogP contribution in [0.25, 0.3) is 0 Å². The summed E-state index contributed by atoms with van der Waals surface area (Å²) >= 11 is 5.07. The quantitative estimate of drug-likeness (QED) is 0.378. The van der Waals surface area contributed by atoms with Crippen molar-refractivity contribution >= 4 is 17.3 Å². The van der Waals surface area contributed by atoms with E-state index in [4.69, 9.17) is 22.1 Å². The minimum Gasteiger partial charge on any atom is -0.394 e. The van der Waals surface area contributed by atoms with Crippen molar-refractivity contribution in [2.75, 3.05) is 27.3 Å². The van der Waals surface area contributed by atoms with E-state index in [1.807, 2.05) is 14.1 Å². The average molecular weight is 291 g/mol. The number of rotatable bonds is 4. The lowest BCUT2D eigenvalue weighted by Crippen LogP contribution is -2.61. The Kier molecular flexibility index (Phi) is 5.95. The fourth-order valence-electron chi connectivity index (χ4n) is 1.62. The summed E-state index contributed by atoms with van der Waals surface area (Å²) < 4.78 is 5.23. The zero-order valence-corrected chi connectivity index (χ0v) is 11.9. The molecule has 0 bridgehead atoms. The molecule has 1 aliphatic heterocycles. The van der Waals surface area contributed by atoms with Crippen LogP contribution in [0, 0.1) is 0 Å². The van der Waals surface area contributed by atoms with Gasteiger partial charge in [0.05, 0.1) is 25.1 Å². The van der Waals surface area contributed by atoms with Crippen LogP contribution in [0.15, 0.2) is 12.4 Å². The van der Waals surface area contributed by atoms with Crippen LogP contribution in [-0.2, 0) is 4.74 Å². The van der Waals surface area contributed by atoms with Crippen LogP contribution in [0.2, 0.25) is 0 Å². The van der Waals surface area contributed by atoms with Gasteiger partial charge in [-0.3, -0.25) is 0 Å². The monoisotopic (exact) mass is 291 g/mol. The maximum absolute atomic E-state index is 9.91. The summed E-state index contributed by atoms with van der Waals surface area (Å²) in [5.74, 6) is 0.595. The Morgan fingerprint density at radius 3 is 2.58 bits per heavy atom. The van der Waals surface area contributed by atoms with Gasteiger partial charge in [0.2, 0.25) is 0 Å². The summed E-state index contributed by atoms with van der Waals surface area (Å²) in [5.41, 5.74) is 0. The maximum atomic E-state index is 9.91. The Morgan fingerprint density at radius 1 is 1.42 bits per heavy atom. The molecule has 1 saturated heterocycles. The third kappa shape index (κ3) is 4.29. The molecule has 0 unspecified atom stereocenters. The number of hydrogen-bond donors (Lipinski definition) is 5. The van der Waals surface area contributed by atoms with E-state index in [1.54, 1.807) is 4.90 Å². The average Bonchev–Trinajstić information content (AvgIpc) is 2.35. The summed E-state index contributed by atoms with van der Waals surface area (Å²) in [6.45, 7) is 3.55. The minimum absolute atomic E-state index is 0.139. The summed E-state index contributed by atoms with van der Waals surface area (Å²) in [6, 6.07) is -0.548. The molecule has 0 amide bonds. The number of ether oxygens (including phenoxy) is 1. The molecule has 5 N–H and O–H groups in total. The van der Waals surface area contributed by atoms with E-state index in [1.165, 1.54) is 0 Å². The summed E-state index contributed by atoms with van der Waals surface area (Å²) in [5, 5.41) is 34.6. The molecule has 110 valence electrons. The number of aliphatic hydroxyl groups excluding tert-OH is 3. The van der Waals surface area contributed by atoms with Gasteiger partial charge in [-0.05, 0) is 12.2 Å². The molecular formula is C11H21N3O4S. The molecular weight excluding hydrogens is 270 g/mol. The number of aliphatic hydroxyl groups is 3. The first-order valence-electron chi connectivity index (χ1n) is 5.89. The Hall–Kier alpha value is -0.930. The van der Waals surface area contributed by atoms with Gasteiger partial charge < -0.3 is 35.6 Å². The normalized spacial score (nSPS) is 30.6. The second-order valence-electron chi connectivity index (χ2n) is 4.58. The predicted octanol–water partition coefficient (Wildman–Crippen LogP) is -2.04. The van der Waals surface area contributed by atoms with Crippen LogP contribution in [0.4, 0.5) is 0 Å². The lowest BCUT2D eigenvalue weighted by atomic mass is 9.98. The Bertz CT molecular complexity index is 340. The van der Waals surface area contributed by atoms with E-state index in [2.05, 4.69) is 17.2 Å². The van der Waals surface area contributed by atoms with Crippen LogP contribution >= 0.6 is 12.2 Å². The molecule has 0 radical (unpaired) electrons. The van der Waals surface area contributed by atoms with E-state index >= 15 is 0 Å². The summed E-state index contributed by atoms with van der Waals surface area (Å²) in [4.78, 5) is 1.75. The predicted molar refractivity (Wildman–Crippen MR) is 74.3 cm³/mol. The van der Waals surface area contributed by atoms with E-state index in [-0.39, 0.29) is 18.3 Å². The highest BCUT2D eigenvalue weighted by atomic mass is 32.1.